The SMILES string of the molecule is Cc1cccc(C)c1-n1c(C=C2C(=O)c3cc4ccccc4cc3C2=O)cc2sc(-c3cccc4ccccc34)nc21. The Hall–Kier alpha value is -5.13. The van der Waals surface area contributed by atoms with Crippen LogP contribution in [0.4, 0.5) is 0 Å². The third kappa shape index (κ3) is 3.64. The van der Waals surface area contributed by atoms with Crippen molar-refractivity contribution in [3.63, 3.8) is 0 Å². The fourth-order valence-electron chi connectivity index (χ4n) is 6.21. The Morgan fingerprint density at radius 2 is 1.26 bits per heavy atom. The quantitative estimate of drug-likeness (QED) is 0.160. The summed E-state index contributed by atoms with van der Waals surface area (Å²) in [5, 5.41) is 5.16. The molecule has 8 rings (SSSR count). The number of para-hydroxylation sites is 1. The van der Waals surface area contributed by atoms with E-state index in [-0.39, 0.29) is 17.1 Å². The maximum absolute atomic E-state index is 13.6. The molecule has 1 aliphatic rings. The van der Waals surface area contributed by atoms with Crippen molar-refractivity contribution >= 4 is 60.9 Å². The van der Waals surface area contributed by atoms with Crippen molar-refractivity contribution < 1.29 is 9.59 Å². The highest BCUT2D eigenvalue weighted by Gasteiger charge is 2.34. The van der Waals surface area contributed by atoms with Crippen LogP contribution in [-0.4, -0.2) is 21.1 Å². The Kier molecular flexibility index (Phi) is 5.40. The molecule has 0 atom stereocenters. The average molecular weight is 561 g/mol. The maximum atomic E-state index is 13.6. The third-order valence-electron chi connectivity index (χ3n) is 8.22. The van der Waals surface area contributed by atoms with E-state index < -0.39 is 0 Å². The first-order valence-electron chi connectivity index (χ1n) is 13.9. The molecule has 0 unspecified atom stereocenters. The third-order valence-corrected chi connectivity index (χ3v) is 9.25. The minimum atomic E-state index is -0.234. The zero-order valence-electron chi connectivity index (χ0n) is 23.0. The van der Waals surface area contributed by atoms with E-state index in [1.807, 2.05) is 48.5 Å². The van der Waals surface area contributed by atoms with E-state index in [2.05, 4.69) is 73.0 Å². The molecule has 42 heavy (non-hydrogen) atoms. The van der Waals surface area contributed by atoms with Crippen LogP contribution >= 0.6 is 11.3 Å². The number of aryl methyl sites for hydroxylation is 2. The van der Waals surface area contributed by atoms with Gasteiger partial charge < -0.3 is 0 Å². The number of thiazole rings is 1. The van der Waals surface area contributed by atoms with Gasteiger partial charge in [-0.3, -0.25) is 14.2 Å². The molecule has 0 N–H and O–H groups in total. The molecule has 4 nitrogen and oxygen atoms in total. The first-order chi connectivity index (χ1) is 20.5. The fourth-order valence-corrected chi connectivity index (χ4v) is 7.25. The summed E-state index contributed by atoms with van der Waals surface area (Å²) in [6.07, 6.45) is 1.76. The number of nitrogens with zero attached hydrogens (tertiary/aromatic N) is 2. The van der Waals surface area contributed by atoms with Crippen LogP contribution in [0.2, 0.25) is 0 Å². The predicted molar refractivity (Wildman–Crippen MR) is 172 cm³/mol. The van der Waals surface area contributed by atoms with Crippen LogP contribution < -0.4 is 0 Å². The largest absolute Gasteiger partial charge is 0.293 e. The second-order valence-corrected chi connectivity index (χ2v) is 11.9. The van der Waals surface area contributed by atoms with E-state index in [9.17, 15) is 9.59 Å². The molecule has 2 heterocycles. The van der Waals surface area contributed by atoms with E-state index in [0.717, 1.165) is 59.6 Å². The summed E-state index contributed by atoms with van der Waals surface area (Å²) in [5.41, 5.74) is 6.97. The fraction of sp³-hybridized carbons (Fsp3) is 0.0541. The van der Waals surface area contributed by atoms with Gasteiger partial charge in [0.15, 0.2) is 17.2 Å². The predicted octanol–water partition coefficient (Wildman–Crippen LogP) is 9.14. The summed E-state index contributed by atoms with van der Waals surface area (Å²) >= 11 is 1.62. The second kappa shape index (κ2) is 9.20. The van der Waals surface area contributed by atoms with Gasteiger partial charge in [0.25, 0.3) is 0 Å². The molecule has 0 saturated heterocycles. The van der Waals surface area contributed by atoms with Crippen LogP contribution in [-0.2, 0) is 0 Å². The van der Waals surface area contributed by atoms with Crippen molar-refractivity contribution in [2.24, 2.45) is 0 Å². The van der Waals surface area contributed by atoms with Crippen LogP contribution in [0, 0.1) is 13.8 Å². The topological polar surface area (TPSA) is 52.0 Å². The molecule has 0 bridgehead atoms. The van der Waals surface area contributed by atoms with Gasteiger partial charge in [0, 0.05) is 16.7 Å². The summed E-state index contributed by atoms with van der Waals surface area (Å²) in [4.78, 5) is 32.5. The van der Waals surface area contributed by atoms with Gasteiger partial charge in [-0.05, 0) is 70.8 Å². The van der Waals surface area contributed by atoms with Gasteiger partial charge in [-0.1, -0.05) is 84.9 Å². The molecule has 0 amide bonds. The number of Topliss-reactive ketones (excluding diaryl/α,β-unsaturated/α-hetero) is 2. The molecule has 5 aromatic carbocycles. The number of hydrogen-bond acceptors (Lipinski definition) is 4. The van der Waals surface area contributed by atoms with E-state index >= 15 is 0 Å². The van der Waals surface area contributed by atoms with Gasteiger partial charge in [0.05, 0.1) is 21.7 Å². The molecule has 0 aliphatic heterocycles. The Bertz CT molecular complexity index is 2240. The van der Waals surface area contributed by atoms with Crippen molar-refractivity contribution in [2.45, 2.75) is 13.8 Å². The number of allylic oxidation sites excluding steroid dienone is 1. The summed E-state index contributed by atoms with van der Waals surface area (Å²) in [6, 6.07) is 34.4. The monoisotopic (exact) mass is 560 g/mol. The number of rotatable bonds is 3. The standard InChI is InChI=1S/C37H24N2O2S/c1-21-9-7-10-22(2)33(21)39-26(19-31-34(40)29-17-24-12-3-4-13-25(24)18-30(29)35(31)41)20-32-36(39)38-37(42-32)28-16-8-14-23-11-5-6-15-27(23)28/h3-20H,1-2H3. The molecule has 0 fully saturated rings. The highest BCUT2D eigenvalue weighted by molar-refractivity contribution is 7.21. The van der Waals surface area contributed by atoms with Gasteiger partial charge in [0.2, 0.25) is 0 Å². The second-order valence-electron chi connectivity index (χ2n) is 10.8. The highest BCUT2D eigenvalue weighted by Crippen LogP contribution is 2.39. The summed E-state index contributed by atoms with van der Waals surface area (Å²) in [6.45, 7) is 4.16. The highest BCUT2D eigenvalue weighted by atomic mass is 32.1. The van der Waals surface area contributed by atoms with E-state index in [1.54, 1.807) is 17.4 Å². The normalized spacial score (nSPS) is 13.0. The molecular weight excluding hydrogens is 536 g/mol. The molecule has 5 heteroatoms. The first kappa shape index (κ1) is 24.6. The van der Waals surface area contributed by atoms with Gasteiger partial charge >= 0.3 is 0 Å². The molecular formula is C37H24N2O2S. The maximum Gasteiger partial charge on any atom is 0.197 e. The smallest absolute Gasteiger partial charge is 0.197 e. The van der Waals surface area contributed by atoms with Gasteiger partial charge in [-0.2, -0.15) is 0 Å². The molecule has 0 radical (unpaired) electrons. The summed E-state index contributed by atoms with van der Waals surface area (Å²) in [7, 11) is 0. The van der Waals surface area contributed by atoms with Crippen LogP contribution in [0.15, 0.2) is 109 Å². The summed E-state index contributed by atoms with van der Waals surface area (Å²) < 4.78 is 3.10. The van der Waals surface area contributed by atoms with Crippen molar-refractivity contribution in [2.75, 3.05) is 0 Å². The van der Waals surface area contributed by atoms with Crippen molar-refractivity contribution in [1.29, 1.82) is 0 Å². The van der Waals surface area contributed by atoms with E-state index in [0.29, 0.717) is 11.1 Å². The minimum absolute atomic E-state index is 0.187. The Morgan fingerprint density at radius 1 is 0.667 bits per heavy atom. The average Bonchev–Trinajstić information content (AvgIpc) is 3.63. The Balaban J connectivity index is 1.34. The van der Waals surface area contributed by atoms with Crippen molar-refractivity contribution in [3.05, 3.63) is 137 Å². The molecule has 7 aromatic rings. The molecule has 200 valence electrons. The van der Waals surface area contributed by atoms with Gasteiger partial charge in [0.1, 0.15) is 5.01 Å². The van der Waals surface area contributed by atoms with Crippen LogP contribution in [0.1, 0.15) is 37.5 Å². The summed E-state index contributed by atoms with van der Waals surface area (Å²) in [5.74, 6) is -0.467. The number of carbonyl (C=O) groups is 2. The van der Waals surface area contributed by atoms with E-state index in [1.165, 1.54) is 5.39 Å². The van der Waals surface area contributed by atoms with E-state index in [4.69, 9.17) is 4.98 Å². The lowest BCUT2D eigenvalue weighted by molar-refractivity contribution is 0.0990. The lowest BCUT2D eigenvalue weighted by Crippen LogP contribution is -2.05. The zero-order valence-corrected chi connectivity index (χ0v) is 23.8. The first-order valence-corrected chi connectivity index (χ1v) is 14.7. The molecule has 0 saturated carbocycles. The van der Waals surface area contributed by atoms with Crippen molar-refractivity contribution in [3.8, 4) is 16.3 Å². The Morgan fingerprint density at radius 3 is 1.95 bits per heavy atom. The lowest BCUT2D eigenvalue weighted by atomic mass is 10.0. The van der Waals surface area contributed by atoms with Gasteiger partial charge in [-0.25, -0.2) is 4.98 Å². The number of benzene rings is 5. The number of aromatic nitrogens is 2. The number of ketones is 2. The van der Waals surface area contributed by atoms with Crippen LogP contribution in [0.5, 0.6) is 0 Å². The number of fused-ring (bicyclic) bond motifs is 4. The number of carbonyl (C=O) groups excluding carboxylic acids is 2. The minimum Gasteiger partial charge on any atom is -0.293 e. The molecule has 2 aromatic heterocycles. The van der Waals surface area contributed by atoms with Crippen molar-refractivity contribution in [1.82, 2.24) is 9.55 Å². The number of hydrogen-bond donors (Lipinski definition) is 0. The molecule has 0 spiro atoms. The van der Waals surface area contributed by atoms with Gasteiger partial charge in [-0.15, -0.1) is 11.3 Å². The molecule has 1 aliphatic carbocycles. The zero-order chi connectivity index (χ0) is 28.5. The van der Waals surface area contributed by atoms with Crippen LogP contribution in [0.3, 0.4) is 0 Å². The Labute approximate surface area is 246 Å². The van der Waals surface area contributed by atoms with Crippen LogP contribution in [0.25, 0.3) is 54.2 Å². The lowest BCUT2D eigenvalue weighted by Gasteiger charge is -2.14.